The maximum absolute atomic E-state index is 13.5. The predicted molar refractivity (Wildman–Crippen MR) is 126 cm³/mol. The van der Waals surface area contributed by atoms with Gasteiger partial charge in [0.05, 0.1) is 5.92 Å². The molecule has 0 spiro atoms. The number of amides is 3. The summed E-state index contributed by atoms with van der Waals surface area (Å²) < 4.78 is 13.5. The maximum Gasteiger partial charge on any atom is 0.255 e. The molecule has 0 saturated carbocycles. The van der Waals surface area contributed by atoms with Crippen molar-refractivity contribution in [3.05, 3.63) is 89.2 Å². The molecule has 7 heteroatoms. The average Bonchev–Trinajstić information content (AvgIpc) is 3.18. The van der Waals surface area contributed by atoms with Gasteiger partial charge in [-0.25, -0.2) is 4.39 Å². The van der Waals surface area contributed by atoms with Gasteiger partial charge in [-0.2, -0.15) is 0 Å². The number of rotatable bonds is 5. The van der Waals surface area contributed by atoms with E-state index in [9.17, 15) is 18.8 Å². The first kappa shape index (κ1) is 22.2. The van der Waals surface area contributed by atoms with Gasteiger partial charge in [0.1, 0.15) is 5.82 Å². The lowest BCUT2D eigenvalue weighted by Crippen LogP contribution is -2.28. The van der Waals surface area contributed by atoms with E-state index in [1.165, 1.54) is 17.0 Å². The van der Waals surface area contributed by atoms with E-state index in [2.05, 4.69) is 10.6 Å². The number of nitrogens with one attached hydrogen (secondary N) is 2. The number of carbonyl (C=O) groups is 3. The fourth-order valence-electron chi connectivity index (χ4n) is 3.84. The molecule has 168 valence electrons. The Morgan fingerprint density at radius 3 is 2.55 bits per heavy atom. The molecule has 3 aromatic rings. The summed E-state index contributed by atoms with van der Waals surface area (Å²) in [5.74, 6) is -1.86. The molecule has 1 aliphatic heterocycles. The third-order valence-corrected chi connectivity index (χ3v) is 5.65. The van der Waals surface area contributed by atoms with Crippen LogP contribution in [0.25, 0.3) is 0 Å². The Hall–Kier alpha value is -4.00. The van der Waals surface area contributed by atoms with Gasteiger partial charge in [-0.05, 0) is 67.4 Å². The first-order chi connectivity index (χ1) is 15.8. The fourth-order valence-corrected chi connectivity index (χ4v) is 3.84. The Labute approximate surface area is 191 Å². The van der Waals surface area contributed by atoms with Gasteiger partial charge in [0.2, 0.25) is 11.8 Å². The zero-order chi connectivity index (χ0) is 23.5. The smallest absolute Gasteiger partial charge is 0.255 e. The molecule has 1 heterocycles. The first-order valence-electron chi connectivity index (χ1n) is 10.7. The lowest BCUT2D eigenvalue weighted by molar-refractivity contribution is -0.122. The zero-order valence-electron chi connectivity index (χ0n) is 18.4. The van der Waals surface area contributed by atoms with E-state index >= 15 is 0 Å². The molecule has 2 N–H and O–H groups in total. The van der Waals surface area contributed by atoms with Crippen LogP contribution in [0.1, 0.15) is 27.9 Å². The van der Waals surface area contributed by atoms with Crippen molar-refractivity contribution in [2.24, 2.45) is 5.92 Å². The second-order valence-electron chi connectivity index (χ2n) is 8.23. The van der Waals surface area contributed by atoms with Crippen LogP contribution in [0.3, 0.4) is 0 Å². The Bertz CT molecular complexity index is 1240. The van der Waals surface area contributed by atoms with Crippen molar-refractivity contribution < 1.29 is 18.8 Å². The number of hydrogen-bond donors (Lipinski definition) is 2. The van der Waals surface area contributed by atoms with E-state index in [4.69, 9.17) is 0 Å². The standard InChI is InChI=1S/C26H24FN3O3/c1-16-5-3-7-21(11-16)28-25(32)18-6-4-8-22(12-18)30-15-19(13-24(30)31)26(33)29-23-14-20(27)10-9-17(23)2/h3-12,14,19H,13,15H2,1-2H3,(H,28,32)(H,29,33)/t19-/m1/s1. The summed E-state index contributed by atoms with van der Waals surface area (Å²) in [5.41, 5.74) is 3.80. The van der Waals surface area contributed by atoms with Crippen LogP contribution in [0.4, 0.5) is 21.5 Å². The minimum Gasteiger partial charge on any atom is -0.325 e. The molecular weight excluding hydrogens is 421 g/mol. The Balaban J connectivity index is 1.46. The van der Waals surface area contributed by atoms with Gasteiger partial charge in [0, 0.05) is 35.6 Å². The van der Waals surface area contributed by atoms with Crippen LogP contribution >= 0.6 is 0 Å². The molecule has 0 bridgehead atoms. The molecule has 3 amide bonds. The van der Waals surface area contributed by atoms with Crippen LogP contribution in [0.5, 0.6) is 0 Å². The third kappa shape index (κ3) is 5.09. The number of aryl methyl sites for hydroxylation is 2. The molecule has 1 fully saturated rings. The van der Waals surface area contributed by atoms with Crippen LogP contribution in [0.2, 0.25) is 0 Å². The first-order valence-corrected chi connectivity index (χ1v) is 10.7. The van der Waals surface area contributed by atoms with Crippen molar-refractivity contribution in [2.45, 2.75) is 20.3 Å². The molecule has 1 atom stereocenters. The Kier molecular flexibility index (Phi) is 6.22. The third-order valence-electron chi connectivity index (χ3n) is 5.65. The fraction of sp³-hybridized carbons (Fsp3) is 0.192. The van der Waals surface area contributed by atoms with E-state index in [1.807, 2.05) is 31.2 Å². The van der Waals surface area contributed by atoms with Gasteiger partial charge in [0.15, 0.2) is 0 Å². The molecule has 33 heavy (non-hydrogen) atoms. The van der Waals surface area contributed by atoms with E-state index in [1.54, 1.807) is 37.3 Å². The number of carbonyl (C=O) groups excluding carboxylic acids is 3. The highest BCUT2D eigenvalue weighted by atomic mass is 19.1. The van der Waals surface area contributed by atoms with Crippen LogP contribution < -0.4 is 15.5 Å². The number of hydrogen-bond acceptors (Lipinski definition) is 3. The van der Waals surface area contributed by atoms with Crippen molar-refractivity contribution in [1.29, 1.82) is 0 Å². The lowest BCUT2D eigenvalue weighted by atomic mass is 10.1. The predicted octanol–water partition coefficient (Wildman–Crippen LogP) is 4.69. The minimum atomic E-state index is -0.579. The highest BCUT2D eigenvalue weighted by molar-refractivity contribution is 6.07. The number of anilines is 3. The summed E-state index contributed by atoms with van der Waals surface area (Å²) in [4.78, 5) is 39.6. The van der Waals surface area contributed by atoms with Crippen LogP contribution in [-0.4, -0.2) is 24.3 Å². The number of benzene rings is 3. The summed E-state index contributed by atoms with van der Waals surface area (Å²) in [7, 11) is 0. The second kappa shape index (κ2) is 9.24. The second-order valence-corrected chi connectivity index (χ2v) is 8.23. The molecule has 0 aromatic heterocycles. The number of nitrogens with zero attached hydrogens (tertiary/aromatic N) is 1. The van der Waals surface area contributed by atoms with Crippen molar-refractivity contribution >= 4 is 34.8 Å². The number of halogens is 1. The topological polar surface area (TPSA) is 78.5 Å². The van der Waals surface area contributed by atoms with E-state index < -0.39 is 11.7 Å². The summed E-state index contributed by atoms with van der Waals surface area (Å²) >= 11 is 0. The molecule has 0 aliphatic carbocycles. The largest absolute Gasteiger partial charge is 0.325 e. The van der Waals surface area contributed by atoms with Gasteiger partial charge < -0.3 is 15.5 Å². The molecule has 0 radical (unpaired) electrons. The van der Waals surface area contributed by atoms with Crippen LogP contribution in [0.15, 0.2) is 66.7 Å². The van der Waals surface area contributed by atoms with Crippen molar-refractivity contribution in [1.82, 2.24) is 0 Å². The maximum atomic E-state index is 13.5. The van der Waals surface area contributed by atoms with Gasteiger partial charge in [-0.3, -0.25) is 14.4 Å². The van der Waals surface area contributed by atoms with E-state index in [-0.39, 0.29) is 30.7 Å². The summed E-state index contributed by atoms with van der Waals surface area (Å²) in [6, 6.07) is 18.4. The minimum absolute atomic E-state index is 0.0416. The van der Waals surface area contributed by atoms with Crippen LogP contribution in [-0.2, 0) is 9.59 Å². The summed E-state index contributed by atoms with van der Waals surface area (Å²) in [6.45, 7) is 3.90. The highest BCUT2D eigenvalue weighted by Gasteiger charge is 2.35. The zero-order valence-corrected chi connectivity index (χ0v) is 18.4. The van der Waals surface area contributed by atoms with E-state index in [0.29, 0.717) is 22.6 Å². The van der Waals surface area contributed by atoms with Crippen molar-refractivity contribution in [3.63, 3.8) is 0 Å². The summed E-state index contributed by atoms with van der Waals surface area (Å²) in [5, 5.41) is 5.58. The van der Waals surface area contributed by atoms with Crippen LogP contribution in [0, 0.1) is 25.6 Å². The van der Waals surface area contributed by atoms with Gasteiger partial charge in [-0.1, -0.05) is 24.3 Å². The normalized spacial score (nSPS) is 15.4. The molecule has 0 unspecified atom stereocenters. The molecule has 6 nitrogen and oxygen atoms in total. The highest BCUT2D eigenvalue weighted by Crippen LogP contribution is 2.28. The molecule has 1 aliphatic rings. The van der Waals surface area contributed by atoms with Gasteiger partial charge >= 0.3 is 0 Å². The van der Waals surface area contributed by atoms with Crippen molar-refractivity contribution in [3.8, 4) is 0 Å². The average molecular weight is 445 g/mol. The quantitative estimate of drug-likeness (QED) is 0.598. The Morgan fingerprint density at radius 2 is 1.76 bits per heavy atom. The van der Waals surface area contributed by atoms with Gasteiger partial charge in [0.25, 0.3) is 5.91 Å². The van der Waals surface area contributed by atoms with Crippen molar-refractivity contribution in [2.75, 3.05) is 22.1 Å². The van der Waals surface area contributed by atoms with E-state index in [0.717, 1.165) is 11.1 Å². The molecule has 3 aromatic carbocycles. The monoisotopic (exact) mass is 445 g/mol. The molecule has 4 rings (SSSR count). The lowest BCUT2D eigenvalue weighted by Gasteiger charge is -2.18. The Morgan fingerprint density at radius 1 is 0.970 bits per heavy atom. The summed E-state index contributed by atoms with van der Waals surface area (Å²) in [6.07, 6.45) is 0.0416. The molecular formula is C26H24FN3O3. The SMILES string of the molecule is Cc1cccc(NC(=O)c2cccc(N3C[C@H](C(=O)Nc4cc(F)ccc4C)CC3=O)c2)c1. The molecule has 1 saturated heterocycles. The van der Waals surface area contributed by atoms with Gasteiger partial charge in [-0.15, -0.1) is 0 Å².